The van der Waals surface area contributed by atoms with Crippen LogP contribution in [0.25, 0.3) is 0 Å². The van der Waals surface area contributed by atoms with Crippen LogP contribution >= 0.6 is 0 Å². The molecule has 90 valence electrons. The van der Waals surface area contributed by atoms with Gasteiger partial charge in [0, 0.05) is 25.7 Å². The van der Waals surface area contributed by atoms with Gasteiger partial charge in [0.15, 0.2) is 0 Å². The van der Waals surface area contributed by atoms with E-state index in [1.807, 2.05) is 18.0 Å². The van der Waals surface area contributed by atoms with Crippen molar-refractivity contribution < 1.29 is 4.79 Å². The Kier molecular flexibility index (Phi) is 2.46. The summed E-state index contributed by atoms with van der Waals surface area (Å²) in [5, 5.41) is 2.85. The number of carbonyl (C=O) groups excluding carboxylic acids is 1. The molecule has 1 amide bonds. The molecule has 2 aliphatic rings. The van der Waals surface area contributed by atoms with E-state index in [2.05, 4.69) is 15.3 Å². The summed E-state index contributed by atoms with van der Waals surface area (Å²) < 4.78 is 0. The van der Waals surface area contributed by atoms with E-state index < -0.39 is 0 Å². The monoisotopic (exact) mass is 232 g/mol. The molecule has 1 aromatic heterocycles. The SMILES string of the molecule is CN(c1ccnc(C2CC2)n1)C1CCNC1=O. The van der Waals surface area contributed by atoms with Crippen LogP contribution in [0.15, 0.2) is 12.3 Å². The molecule has 0 radical (unpaired) electrons. The fraction of sp³-hybridized carbons (Fsp3) is 0.583. The van der Waals surface area contributed by atoms with Gasteiger partial charge in [0.05, 0.1) is 0 Å². The van der Waals surface area contributed by atoms with Crippen molar-refractivity contribution in [1.29, 1.82) is 0 Å². The molecule has 0 bridgehead atoms. The summed E-state index contributed by atoms with van der Waals surface area (Å²) in [6.07, 6.45) is 5.02. The van der Waals surface area contributed by atoms with E-state index in [0.29, 0.717) is 5.92 Å². The number of anilines is 1. The number of likely N-dealkylation sites (N-methyl/N-ethyl adjacent to an activating group) is 1. The molecule has 1 N–H and O–H groups in total. The zero-order chi connectivity index (χ0) is 11.8. The van der Waals surface area contributed by atoms with Gasteiger partial charge in [0.1, 0.15) is 17.7 Å². The molecule has 1 aliphatic heterocycles. The van der Waals surface area contributed by atoms with Crippen LogP contribution in [0.4, 0.5) is 5.82 Å². The van der Waals surface area contributed by atoms with E-state index in [-0.39, 0.29) is 11.9 Å². The fourth-order valence-electron chi connectivity index (χ4n) is 2.21. The van der Waals surface area contributed by atoms with Crippen LogP contribution in [0, 0.1) is 0 Å². The molecule has 3 rings (SSSR count). The van der Waals surface area contributed by atoms with Crippen molar-refractivity contribution in [3.05, 3.63) is 18.1 Å². The van der Waals surface area contributed by atoms with Gasteiger partial charge >= 0.3 is 0 Å². The van der Waals surface area contributed by atoms with Crippen molar-refractivity contribution in [2.45, 2.75) is 31.2 Å². The van der Waals surface area contributed by atoms with E-state index in [1.54, 1.807) is 6.20 Å². The molecule has 1 saturated carbocycles. The van der Waals surface area contributed by atoms with Gasteiger partial charge in [-0.25, -0.2) is 9.97 Å². The molecule has 1 aliphatic carbocycles. The molecule has 2 heterocycles. The molecular weight excluding hydrogens is 216 g/mol. The summed E-state index contributed by atoms with van der Waals surface area (Å²) in [6.45, 7) is 0.758. The Balaban J connectivity index is 1.82. The molecule has 1 saturated heterocycles. The third-order valence-electron chi connectivity index (χ3n) is 3.45. The van der Waals surface area contributed by atoms with E-state index >= 15 is 0 Å². The number of rotatable bonds is 3. The van der Waals surface area contributed by atoms with Crippen LogP contribution in [0.1, 0.15) is 31.0 Å². The zero-order valence-electron chi connectivity index (χ0n) is 9.89. The van der Waals surface area contributed by atoms with Crippen LogP contribution in [0.3, 0.4) is 0 Å². The highest BCUT2D eigenvalue weighted by atomic mass is 16.2. The van der Waals surface area contributed by atoms with Crippen LogP contribution in [-0.4, -0.2) is 35.5 Å². The lowest BCUT2D eigenvalue weighted by molar-refractivity contribution is -0.120. The van der Waals surface area contributed by atoms with Crippen LogP contribution in [0.2, 0.25) is 0 Å². The summed E-state index contributed by atoms with van der Waals surface area (Å²) >= 11 is 0. The number of nitrogens with one attached hydrogen (secondary N) is 1. The summed E-state index contributed by atoms with van der Waals surface area (Å²) in [5.41, 5.74) is 0. The first-order valence-corrected chi connectivity index (χ1v) is 6.09. The minimum Gasteiger partial charge on any atom is -0.354 e. The van der Waals surface area contributed by atoms with Crippen molar-refractivity contribution in [3.63, 3.8) is 0 Å². The maximum atomic E-state index is 11.6. The van der Waals surface area contributed by atoms with E-state index in [4.69, 9.17) is 0 Å². The Morgan fingerprint density at radius 1 is 1.41 bits per heavy atom. The highest BCUT2D eigenvalue weighted by Gasteiger charge is 2.30. The molecule has 5 nitrogen and oxygen atoms in total. The summed E-state index contributed by atoms with van der Waals surface area (Å²) in [6, 6.07) is 1.79. The topological polar surface area (TPSA) is 58.1 Å². The predicted molar refractivity (Wildman–Crippen MR) is 63.8 cm³/mol. The van der Waals surface area contributed by atoms with Crippen molar-refractivity contribution in [2.24, 2.45) is 0 Å². The zero-order valence-corrected chi connectivity index (χ0v) is 9.89. The lowest BCUT2D eigenvalue weighted by Gasteiger charge is -2.23. The van der Waals surface area contributed by atoms with Crippen LogP contribution < -0.4 is 10.2 Å². The second kappa shape index (κ2) is 3.98. The second-order valence-corrected chi connectivity index (χ2v) is 4.75. The number of aromatic nitrogens is 2. The molecule has 0 spiro atoms. The van der Waals surface area contributed by atoms with Gasteiger partial charge in [-0.3, -0.25) is 4.79 Å². The van der Waals surface area contributed by atoms with Crippen LogP contribution in [-0.2, 0) is 4.79 Å². The van der Waals surface area contributed by atoms with Crippen molar-refractivity contribution >= 4 is 11.7 Å². The first kappa shape index (κ1) is 10.5. The Morgan fingerprint density at radius 3 is 2.88 bits per heavy atom. The molecular formula is C12H16N4O. The second-order valence-electron chi connectivity index (χ2n) is 4.75. The minimum atomic E-state index is -0.0862. The quantitative estimate of drug-likeness (QED) is 0.832. The van der Waals surface area contributed by atoms with Crippen molar-refractivity contribution in [1.82, 2.24) is 15.3 Å². The Bertz CT molecular complexity index is 444. The molecule has 0 aromatic carbocycles. The predicted octanol–water partition coefficient (Wildman–Crippen LogP) is 0.679. The molecule has 2 fully saturated rings. The van der Waals surface area contributed by atoms with Gasteiger partial charge in [-0.2, -0.15) is 0 Å². The lowest BCUT2D eigenvalue weighted by Crippen LogP contribution is -2.38. The standard InChI is InChI=1S/C12H16N4O/c1-16(9-4-6-14-12(9)17)10-5-7-13-11(15-10)8-2-3-8/h5,7-9H,2-4,6H2,1H3,(H,14,17). The van der Waals surface area contributed by atoms with E-state index in [1.165, 1.54) is 12.8 Å². The number of hydrogen-bond donors (Lipinski definition) is 1. The number of nitrogens with zero attached hydrogens (tertiary/aromatic N) is 3. The normalized spacial score (nSPS) is 23.6. The molecule has 5 heteroatoms. The van der Waals surface area contributed by atoms with E-state index in [9.17, 15) is 4.79 Å². The fourth-order valence-corrected chi connectivity index (χ4v) is 2.21. The molecule has 1 unspecified atom stereocenters. The average molecular weight is 232 g/mol. The Hall–Kier alpha value is -1.65. The number of hydrogen-bond acceptors (Lipinski definition) is 4. The molecule has 1 aromatic rings. The highest BCUT2D eigenvalue weighted by Crippen LogP contribution is 2.38. The Morgan fingerprint density at radius 2 is 2.24 bits per heavy atom. The summed E-state index contributed by atoms with van der Waals surface area (Å²) in [4.78, 5) is 22.4. The number of amides is 1. The lowest BCUT2D eigenvalue weighted by atomic mass is 10.2. The first-order chi connectivity index (χ1) is 8.25. The first-order valence-electron chi connectivity index (χ1n) is 6.09. The Labute approximate surface area is 100 Å². The van der Waals surface area contributed by atoms with Crippen molar-refractivity contribution in [2.75, 3.05) is 18.5 Å². The smallest absolute Gasteiger partial charge is 0.242 e. The van der Waals surface area contributed by atoms with E-state index in [0.717, 1.165) is 24.6 Å². The van der Waals surface area contributed by atoms with Crippen molar-refractivity contribution in [3.8, 4) is 0 Å². The average Bonchev–Trinajstić information content (AvgIpc) is 3.12. The van der Waals surface area contributed by atoms with Gasteiger partial charge < -0.3 is 10.2 Å². The van der Waals surface area contributed by atoms with Gasteiger partial charge in [-0.15, -0.1) is 0 Å². The van der Waals surface area contributed by atoms with Gasteiger partial charge in [-0.1, -0.05) is 0 Å². The van der Waals surface area contributed by atoms with Gasteiger partial charge in [-0.05, 0) is 25.3 Å². The summed E-state index contributed by atoms with van der Waals surface area (Å²) in [5.74, 6) is 2.41. The van der Waals surface area contributed by atoms with Gasteiger partial charge in [0.25, 0.3) is 0 Å². The summed E-state index contributed by atoms with van der Waals surface area (Å²) in [7, 11) is 1.93. The maximum Gasteiger partial charge on any atom is 0.242 e. The number of carbonyl (C=O) groups is 1. The largest absolute Gasteiger partial charge is 0.354 e. The third kappa shape index (κ3) is 1.97. The third-order valence-corrected chi connectivity index (χ3v) is 3.45. The molecule has 17 heavy (non-hydrogen) atoms. The van der Waals surface area contributed by atoms with Crippen LogP contribution in [0.5, 0.6) is 0 Å². The highest BCUT2D eigenvalue weighted by molar-refractivity contribution is 5.86. The minimum absolute atomic E-state index is 0.0862. The molecule has 1 atom stereocenters. The maximum absolute atomic E-state index is 11.6. The van der Waals surface area contributed by atoms with Gasteiger partial charge in [0.2, 0.25) is 5.91 Å².